The van der Waals surface area contributed by atoms with E-state index in [1.54, 1.807) is 6.07 Å². The Labute approximate surface area is 123 Å². The van der Waals surface area contributed by atoms with Crippen LogP contribution in [0.2, 0.25) is 0 Å². The summed E-state index contributed by atoms with van der Waals surface area (Å²) in [6.07, 6.45) is 1.45. The van der Waals surface area contributed by atoms with Gasteiger partial charge in [-0.3, -0.25) is 4.79 Å². The Bertz CT molecular complexity index is 659. The zero-order valence-electron chi connectivity index (χ0n) is 12.3. The number of amides is 1. The largest absolute Gasteiger partial charge is 0.484 e. The number of hydrogen-bond donors (Lipinski definition) is 1. The van der Waals surface area contributed by atoms with Crippen LogP contribution in [0.3, 0.4) is 0 Å². The van der Waals surface area contributed by atoms with E-state index in [2.05, 4.69) is 10.5 Å². The van der Waals surface area contributed by atoms with Crippen molar-refractivity contribution in [2.75, 3.05) is 6.61 Å². The molecular weight excluding hydrogens is 268 g/mol. The summed E-state index contributed by atoms with van der Waals surface area (Å²) in [5.74, 6) is 1.72. The molecule has 1 aromatic heterocycles. The van der Waals surface area contributed by atoms with E-state index in [0.29, 0.717) is 11.5 Å². The molecular formula is C16H18N2O3. The Balaban J connectivity index is 1.79. The van der Waals surface area contributed by atoms with E-state index in [0.717, 1.165) is 11.3 Å². The maximum absolute atomic E-state index is 11.6. The summed E-state index contributed by atoms with van der Waals surface area (Å²) in [4.78, 5) is 11.6. The molecule has 110 valence electrons. The van der Waals surface area contributed by atoms with Crippen LogP contribution in [0.15, 0.2) is 39.9 Å². The second-order valence-electron chi connectivity index (χ2n) is 4.78. The first-order valence-electron chi connectivity index (χ1n) is 6.63. The lowest BCUT2D eigenvalue weighted by molar-refractivity contribution is -0.123. The van der Waals surface area contributed by atoms with Gasteiger partial charge in [-0.2, -0.15) is 5.10 Å². The van der Waals surface area contributed by atoms with Gasteiger partial charge in [0.25, 0.3) is 5.91 Å². The third kappa shape index (κ3) is 4.49. The molecule has 0 fully saturated rings. The lowest BCUT2D eigenvalue weighted by Gasteiger charge is -2.07. The number of carbonyl (C=O) groups is 1. The summed E-state index contributed by atoms with van der Waals surface area (Å²) in [6.45, 7) is 5.78. The van der Waals surface area contributed by atoms with Gasteiger partial charge in [0.05, 0.1) is 6.21 Å². The second-order valence-corrected chi connectivity index (χ2v) is 4.78. The number of hydrogen-bond acceptors (Lipinski definition) is 4. The standard InChI is InChI=1S/C16H18N2O3/c1-11-4-6-14(8-12(11)2)20-10-16(19)18-17-9-15-7-5-13(3)21-15/h4-9H,10H2,1-3H3,(H,18,19)/b17-9-. The molecule has 0 spiro atoms. The van der Waals surface area contributed by atoms with Crippen molar-refractivity contribution < 1.29 is 13.9 Å². The van der Waals surface area contributed by atoms with E-state index in [1.165, 1.54) is 11.8 Å². The zero-order valence-corrected chi connectivity index (χ0v) is 12.3. The van der Waals surface area contributed by atoms with Crippen molar-refractivity contribution >= 4 is 12.1 Å². The van der Waals surface area contributed by atoms with Gasteiger partial charge >= 0.3 is 0 Å². The minimum atomic E-state index is -0.326. The van der Waals surface area contributed by atoms with Gasteiger partial charge in [0, 0.05) is 0 Å². The number of aryl methyl sites for hydroxylation is 3. The minimum absolute atomic E-state index is 0.0863. The zero-order chi connectivity index (χ0) is 15.2. The summed E-state index contributed by atoms with van der Waals surface area (Å²) >= 11 is 0. The van der Waals surface area contributed by atoms with Gasteiger partial charge in [-0.15, -0.1) is 0 Å². The Morgan fingerprint density at radius 3 is 2.71 bits per heavy atom. The van der Waals surface area contributed by atoms with Gasteiger partial charge in [0.2, 0.25) is 0 Å². The van der Waals surface area contributed by atoms with E-state index in [9.17, 15) is 4.79 Å². The molecule has 1 heterocycles. The average Bonchev–Trinajstić information content (AvgIpc) is 2.86. The predicted molar refractivity (Wildman–Crippen MR) is 80.6 cm³/mol. The molecule has 5 heteroatoms. The van der Waals surface area contributed by atoms with Crippen LogP contribution in [0.4, 0.5) is 0 Å². The highest BCUT2D eigenvalue weighted by Crippen LogP contribution is 2.16. The first-order valence-corrected chi connectivity index (χ1v) is 6.63. The number of nitrogens with one attached hydrogen (secondary N) is 1. The summed E-state index contributed by atoms with van der Waals surface area (Å²) in [6, 6.07) is 9.30. The van der Waals surface area contributed by atoms with Crippen LogP contribution in [0.5, 0.6) is 5.75 Å². The number of rotatable bonds is 5. The van der Waals surface area contributed by atoms with Gasteiger partial charge < -0.3 is 9.15 Å². The topological polar surface area (TPSA) is 63.8 Å². The molecule has 2 rings (SSSR count). The van der Waals surface area contributed by atoms with Crippen LogP contribution in [-0.4, -0.2) is 18.7 Å². The van der Waals surface area contributed by atoms with Crippen LogP contribution in [-0.2, 0) is 4.79 Å². The maximum atomic E-state index is 11.6. The van der Waals surface area contributed by atoms with Gasteiger partial charge in [0.15, 0.2) is 6.61 Å². The number of nitrogens with zero attached hydrogens (tertiary/aromatic N) is 1. The van der Waals surface area contributed by atoms with Gasteiger partial charge in [0.1, 0.15) is 17.3 Å². The Morgan fingerprint density at radius 2 is 2.05 bits per heavy atom. The molecule has 5 nitrogen and oxygen atoms in total. The average molecular weight is 286 g/mol. The Morgan fingerprint density at radius 1 is 1.24 bits per heavy atom. The first kappa shape index (κ1) is 14.8. The molecule has 0 bridgehead atoms. The molecule has 1 aromatic carbocycles. The molecule has 0 aliphatic carbocycles. The lowest BCUT2D eigenvalue weighted by atomic mass is 10.1. The SMILES string of the molecule is Cc1ccc(/C=N\NC(=O)COc2ccc(C)c(C)c2)o1. The fourth-order valence-electron chi connectivity index (χ4n) is 1.68. The van der Waals surface area contributed by atoms with Crippen LogP contribution in [0, 0.1) is 20.8 Å². The summed E-state index contributed by atoms with van der Waals surface area (Å²) < 4.78 is 10.7. The minimum Gasteiger partial charge on any atom is -0.484 e. The smallest absolute Gasteiger partial charge is 0.277 e. The number of benzene rings is 1. The normalized spacial score (nSPS) is 10.8. The molecule has 0 saturated heterocycles. The third-order valence-electron chi connectivity index (χ3n) is 2.99. The van der Waals surface area contributed by atoms with Crippen LogP contribution < -0.4 is 10.2 Å². The van der Waals surface area contributed by atoms with Crippen molar-refractivity contribution in [3.8, 4) is 5.75 Å². The molecule has 0 radical (unpaired) electrons. The third-order valence-corrected chi connectivity index (χ3v) is 2.99. The fourth-order valence-corrected chi connectivity index (χ4v) is 1.68. The quantitative estimate of drug-likeness (QED) is 0.679. The van der Waals surface area contributed by atoms with Crippen molar-refractivity contribution in [2.45, 2.75) is 20.8 Å². The monoisotopic (exact) mass is 286 g/mol. The highest BCUT2D eigenvalue weighted by atomic mass is 16.5. The Hall–Kier alpha value is -2.56. The highest BCUT2D eigenvalue weighted by Gasteiger charge is 2.02. The number of ether oxygens (including phenoxy) is 1. The molecule has 0 atom stereocenters. The van der Waals surface area contributed by atoms with Gasteiger partial charge in [-0.25, -0.2) is 5.43 Å². The summed E-state index contributed by atoms with van der Waals surface area (Å²) in [7, 11) is 0. The van der Waals surface area contributed by atoms with Crippen molar-refractivity contribution in [2.24, 2.45) is 5.10 Å². The van der Waals surface area contributed by atoms with E-state index in [4.69, 9.17) is 9.15 Å². The maximum Gasteiger partial charge on any atom is 0.277 e. The predicted octanol–water partition coefficient (Wildman–Crippen LogP) is 2.73. The molecule has 0 unspecified atom stereocenters. The number of furan rings is 1. The van der Waals surface area contributed by atoms with Crippen LogP contribution in [0.25, 0.3) is 0 Å². The van der Waals surface area contributed by atoms with E-state index >= 15 is 0 Å². The van der Waals surface area contributed by atoms with Crippen molar-refractivity contribution in [1.82, 2.24) is 5.43 Å². The molecule has 0 aliphatic rings. The molecule has 0 saturated carbocycles. The van der Waals surface area contributed by atoms with Crippen molar-refractivity contribution in [3.05, 3.63) is 53.0 Å². The molecule has 21 heavy (non-hydrogen) atoms. The van der Waals surface area contributed by atoms with Gasteiger partial charge in [-0.1, -0.05) is 6.07 Å². The van der Waals surface area contributed by atoms with Crippen molar-refractivity contribution in [1.29, 1.82) is 0 Å². The van der Waals surface area contributed by atoms with E-state index in [1.807, 2.05) is 45.0 Å². The Kier molecular flexibility index (Phi) is 4.77. The first-order chi connectivity index (χ1) is 10.0. The number of carbonyl (C=O) groups excluding carboxylic acids is 1. The number of hydrazone groups is 1. The van der Waals surface area contributed by atoms with E-state index < -0.39 is 0 Å². The van der Waals surface area contributed by atoms with E-state index in [-0.39, 0.29) is 12.5 Å². The van der Waals surface area contributed by atoms with Crippen molar-refractivity contribution in [3.63, 3.8) is 0 Å². The molecule has 1 N–H and O–H groups in total. The van der Waals surface area contributed by atoms with Crippen LogP contribution in [0.1, 0.15) is 22.6 Å². The highest BCUT2D eigenvalue weighted by molar-refractivity contribution is 5.81. The molecule has 0 aliphatic heterocycles. The molecule has 1 amide bonds. The van der Waals surface area contributed by atoms with Gasteiger partial charge in [-0.05, 0) is 56.2 Å². The second kappa shape index (κ2) is 6.74. The summed E-state index contributed by atoms with van der Waals surface area (Å²) in [5, 5.41) is 3.80. The fraction of sp³-hybridized carbons (Fsp3) is 0.250. The summed E-state index contributed by atoms with van der Waals surface area (Å²) in [5.41, 5.74) is 4.69. The van der Waals surface area contributed by atoms with Crippen LogP contribution >= 0.6 is 0 Å². The lowest BCUT2D eigenvalue weighted by Crippen LogP contribution is -2.24. The molecule has 2 aromatic rings.